The van der Waals surface area contributed by atoms with E-state index in [4.69, 9.17) is 25.2 Å². The van der Waals surface area contributed by atoms with E-state index in [1.54, 1.807) is 38.1 Å². The van der Waals surface area contributed by atoms with Gasteiger partial charge in [0.1, 0.15) is 11.6 Å². The zero-order valence-corrected chi connectivity index (χ0v) is 13.0. The van der Waals surface area contributed by atoms with Gasteiger partial charge in [0.15, 0.2) is 18.1 Å². The van der Waals surface area contributed by atoms with Crippen molar-refractivity contribution < 1.29 is 23.8 Å². The number of hydrogen-bond acceptors (Lipinski definition) is 6. The van der Waals surface area contributed by atoms with Crippen LogP contribution in [0.2, 0.25) is 0 Å². The van der Waals surface area contributed by atoms with Crippen LogP contribution in [0.3, 0.4) is 0 Å². The van der Waals surface area contributed by atoms with Gasteiger partial charge in [-0.3, -0.25) is 4.79 Å². The number of nitrogens with zero attached hydrogens (tertiary/aromatic N) is 1. The van der Waals surface area contributed by atoms with Crippen LogP contribution in [0, 0.1) is 11.3 Å². The molecule has 2 N–H and O–H groups in total. The maximum absolute atomic E-state index is 11.6. The number of primary amides is 1. The molecule has 122 valence electrons. The first kappa shape index (κ1) is 18.0. The Morgan fingerprint density at radius 1 is 1.22 bits per heavy atom. The molecule has 0 spiro atoms. The highest BCUT2D eigenvalue weighted by atomic mass is 16.5. The average Bonchev–Trinajstić information content (AvgIpc) is 2.52. The predicted molar refractivity (Wildman–Crippen MR) is 82.5 cm³/mol. The third-order valence-corrected chi connectivity index (χ3v) is 2.56. The van der Waals surface area contributed by atoms with Gasteiger partial charge >= 0.3 is 5.97 Å². The summed E-state index contributed by atoms with van der Waals surface area (Å²) in [5, 5.41) is 9.03. The summed E-state index contributed by atoms with van der Waals surface area (Å²) in [4.78, 5) is 22.4. The molecule has 7 heteroatoms. The number of hydrogen-bond donors (Lipinski definition) is 1. The van der Waals surface area contributed by atoms with Crippen LogP contribution < -0.4 is 15.2 Å². The van der Waals surface area contributed by atoms with E-state index < -0.39 is 11.9 Å². The van der Waals surface area contributed by atoms with Gasteiger partial charge in [0.05, 0.1) is 13.2 Å². The van der Waals surface area contributed by atoms with E-state index in [9.17, 15) is 9.59 Å². The number of esters is 1. The zero-order valence-electron chi connectivity index (χ0n) is 13.0. The second kappa shape index (κ2) is 9.10. The van der Waals surface area contributed by atoms with Crippen LogP contribution in [-0.2, 0) is 14.3 Å². The number of nitrogens with two attached hydrogens (primary N) is 1. The second-order valence-electron chi connectivity index (χ2n) is 4.28. The van der Waals surface area contributed by atoms with Crippen molar-refractivity contribution in [1.82, 2.24) is 0 Å². The van der Waals surface area contributed by atoms with Crippen molar-refractivity contribution in [3.05, 3.63) is 29.3 Å². The van der Waals surface area contributed by atoms with Crippen LogP contribution in [0.4, 0.5) is 0 Å². The molecule has 0 aliphatic heterocycles. The minimum atomic E-state index is -0.693. The largest absolute Gasteiger partial charge is 0.490 e. The van der Waals surface area contributed by atoms with Gasteiger partial charge in [-0.05, 0) is 37.6 Å². The third kappa shape index (κ3) is 5.71. The Morgan fingerprint density at radius 2 is 1.96 bits per heavy atom. The van der Waals surface area contributed by atoms with Crippen LogP contribution >= 0.6 is 0 Å². The number of carbonyl (C=O) groups is 2. The minimum absolute atomic E-state index is 0.125. The topological polar surface area (TPSA) is 112 Å². The molecule has 0 saturated heterocycles. The summed E-state index contributed by atoms with van der Waals surface area (Å²) in [7, 11) is 0. The fourth-order valence-corrected chi connectivity index (χ4v) is 1.66. The van der Waals surface area contributed by atoms with E-state index in [1.807, 2.05) is 0 Å². The molecule has 0 aliphatic carbocycles. The monoisotopic (exact) mass is 318 g/mol. The average molecular weight is 318 g/mol. The SMILES string of the molecule is CCOC(=O)/C(C#N)=C/c1ccc(OCC(N)=O)c(OCC)c1. The summed E-state index contributed by atoms with van der Waals surface area (Å²) in [6.07, 6.45) is 1.39. The molecule has 0 bridgehead atoms. The molecule has 0 saturated carbocycles. The van der Waals surface area contributed by atoms with Crippen LogP contribution in [0.1, 0.15) is 19.4 Å². The summed E-state index contributed by atoms with van der Waals surface area (Å²) in [5.41, 5.74) is 5.47. The molecular weight excluding hydrogens is 300 g/mol. The summed E-state index contributed by atoms with van der Waals surface area (Å²) < 4.78 is 15.5. The summed E-state index contributed by atoms with van der Waals surface area (Å²) in [6, 6.07) is 6.58. The lowest BCUT2D eigenvalue weighted by molar-refractivity contribution is -0.137. The lowest BCUT2D eigenvalue weighted by Crippen LogP contribution is -2.20. The Bertz CT molecular complexity index is 646. The first-order chi connectivity index (χ1) is 11.0. The van der Waals surface area contributed by atoms with Crippen LogP contribution in [0.25, 0.3) is 6.08 Å². The van der Waals surface area contributed by atoms with Crippen LogP contribution in [0.15, 0.2) is 23.8 Å². The van der Waals surface area contributed by atoms with Gasteiger partial charge in [0, 0.05) is 0 Å². The van der Waals surface area contributed by atoms with E-state index in [-0.39, 0.29) is 18.8 Å². The zero-order chi connectivity index (χ0) is 17.2. The van der Waals surface area contributed by atoms with Crippen molar-refractivity contribution in [2.75, 3.05) is 19.8 Å². The number of nitriles is 1. The molecule has 0 atom stereocenters. The lowest BCUT2D eigenvalue weighted by atomic mass is 10.1. The molecule has 0 aliphatic rings. The molecule has 0 aromatic heterocycles. The standard InChI is InChI=1S/C16H18N2O5/c1-3-21-14-8-11(5-6-13(14)23-10-15(18)19)7-12(9-17)16(20)22-4-2/h5-8H,3-4,10H2,1-2H3,(H2,18,19)/b12-7+. The highest BCUT2D eigenvalue weighted by Gasteiger charge is 2.12. The van der Waals surface area contributed by atoms with Crippen molar-refractivity contribution in [3.8, 4) is 17.6 Å². The van der Waals surface area contributed by atoms with E-state index in [0.29, 0.717) is 23.7 Å². The molecule has 1 aromatic rings. The Hall–Kier alpha value is -3.01. The van der Waals surface area contributed by atoms with Crippen LogP contribution in [0.5, 0.6) is 11.5 Å². The molecule has 0 heterocycles. The Morgan fingerprint density at radius 3 is 2.52 bits per heavy atom. The maximum atomic E-state index is 11.6. The highest BCUT2D eigenvalue weighted by molar-refractivity contribution is 5.97. The van der Waals surface area contributed by atoms with E-state index >= 15 is 0 Å². The fraction of sp³-hybridized carbons (Fsp3) is 0.312. The van der Waals surface area contributed by atoms with Gasteiger partial charge in [-0.1, -0.05) is 6.07 Å². The maximum Gasteiger partial charge on any atom is 0.348 e. The molecule has 0 fully saturated rings. The Kier molecular flexibility index (Phi) is 7.14. The fourth-order valence-electron chi connectivity index (χ4n) is 1.66. The number of benzene rings is 1. The Balaban J connectivity index is 3.09. The first-order valence-corrected chi connectivity index (χ1v) is 6.98. The van der Waals surface area contributed by atoms with Crippen molar-refractivity contribution >= 4 is 18.0 Å². The van der Waals surface area contributed by atoms with E-state index in [2.05, 4.69) is 0 Å². The van der Waals surface area contributed by atoms with Crippen molar-refractivity contribution in [2.45, 2.75) is 13.8 Å². The van der Waals surface area contributed by atoms with Gasteiger partial charge in [-0.15, -0.1) is 0 Å². The number of rotatable bonds is 8. The quantitative estimate of drug-likeness (QED) is 0.441. The van der Waals surface area contributed by atoms with Gasteiger partial charge < -0.3 is 19.9 Å². The normalized spacial score (nSPS) is 10.6. The first-order valence-electron chi connectivity index (χ1n) is 6.98. The minimum Gasteiger partial charge on any atom is -0.490 e. The molecule has 0 unspecified atom stereocenters. The van der Waals surface area contributed by atoms with Gasteiger partial charge in [-0.2, -0.15) is 5.26 Å². The Labute approximate surface area is 134 Å². The third-order valence-electron chi connectivity index (χ3n) is 2.56. The second-order valence-corrected chi connectivity index (χ2v) is 4.28. The molecule has 0 radical (unpaired) electrons. The van der Waals surface area contributed by atoms with E-state index in [1.165, 1.54) is 6.08 Å². The van der Waals surface area contributed by atoms with Gasteiger partial charge in [-0.25, -0.2) is 4.79 Å². The number of carbonyl (C=O) groups excluding carboxylic acids is 2. The van der Waals surface area contributed by atoms with Crippen molar-refractivity contribution in [3.63, 3.8) is 0 Å². The van der Waals surface area contributed by atoms with E-state index in [0.717, 1.165) is 0 Å². The summed E-state index contributed by atoms with van der Waals surface area (Å²) in [6.45, 7) is 3.73. The lowest BCUT2D eigenvalue weighted by Gasteiger charge is -2.11. The predicted octanol–water partition coefficient (Wildman–Crippen LogP) is 1.42. The number of amides is 1. The van der Waals surface area contributed by atoms with Crippen LogP contribution in [-0.4, -0.2) is 31.7 Å². The molecular formula is C16H18N2O5. The molecule has 7 nitrogen and oxygen atoms in total. The molecule has 23 heavy (non-hydrogen) atoms. The summed E-state index contributed by atoms with van der Waals surface area (Å²) in [5.74, 6) is -0.575. The molecule has 1 rings (SSSR count). The highest BCUT2D eigenvalue weighted by Crippen LogP contribution is 2.29. The van der Waals surface area contributed by atoms with Crippen molar-refractivity contribution in [2.24, 2.45) is 5.73 Å². The van der Waals surface area contributed by atoms with Gasteiger partial charge in [0.25, 0.3) is 5.91 Å². The number of ether oxygens (including phenoxy) is 3. The smallest absolute Gasteiger partial charge is 0.348 e. The molecule has 1 aromatic carbocycles. The summed E-state index contributed by atoms with van der Waals surface area (Å²) >= 11 is 0. The molecule has 1 amide bonds. The van der Waals surface area contributed by atoms with Crippen molar-refractivity contribution in [1.29, 1.82) is 5.26 Å². The van der Waals surface area contributed by atoms with Gasteiger partial charge in [0.2, 0.25) is 0 Å².